The van der Waals surface area contributed by atoms with Crippen molar-refractivity contribution in [2.45, 2.75) is 39.3 Å². The molecule has 0 saturated heterocycles. The molecule has 0 radical (unpaired) electrons. The predicted molar refractivity (Wildman–Crippen MR) is 86.1 cm³/mol. The summed E-state index contributed by atoms with van der Waals surface area (Å²) < 4.78 is 5.41. The van der Waals surface area contributed by atoms with Gasteiger partial charge in [-0.3, -0.25) is 4.79 Å². The van der Waals surface area contributed by atoms with Gasteiger partial charge in [0.15, 0.2) is 0 Å². The zero-order valence-corrected chi connectivity index (χ0v) is 13.4. The van der Waals surface area contributed by atoms with Crippen LogP contribution in [0.25, 0.3) is 0 Å². The van der Waals surface area contributed by atoms with Gasteiger partial charge in [0.2, 0.25) is 11.8 Å². The van der Waals surface area contributed by atoms with Gasteiger partial charge in [0, 0.05) is 17.7 Å². The van der Waals surface area contributed by atoms with Crippen LogP contribution in [0.1, 0.15) is 42.4 Å². The van der Waals surface area contributed by atoms with Gasteiger partial charge >= 0.3 is 0 Å². The zero-order chi connectivity index (χ0) is 16.7. The van der Waals surface area contributed by atoms with Crippen LogP contribution in [0.15, 0.2) is 28.7 Å². The fourth-order valence-electron chi connectivity index (χ4n) is 1.97. The number of anilines is 1. The number of carbonyl (C=O) groups excluding carboxylic acids is 1. The molecule has 1 amide bonds. The van der Waals surface area contributed by atoms with Crippen molar-refractivity contribution < 1.29 is 14.3 Å². The Bertz CT molecular complexity index is 621. The molecule has 0 bridgehead atoms. The van der Waals surface area contributed by atoms with Crippen LogP contribution < -0.4 is 10.6 Å². The average Bonchev–Trinajstić information content (AvgIpc) is 3.06. The summed E-state index contributed by atoms with van der Waals surface area (Å²) in [6, 6.07) is 6.86. The van der Waals surface area contributed by atoms with Crippen molar-refractivity contribution in [2.24, 2.45) is 0 Å². The predicted octanol–water partition coefficient (Wildman–Crippen LogP) is 1.74. The molecule has 7 nitrogen and oxygen atoms in total. The summed E-state index contributed by atoms with van der Waals surface area (Å²) in [5, 5.41) is 22.9. The molecular weight excluding hydrogens is 296 g/mol. The molecule has 2 rings (SSSR count). The van der Waals surface area contributed by atoms with Crippen molar-refractivity contribution in [3.8, 4) is 0 Å². The number of rotatable bonds is 8. The van der Waals surface area contributed by atoms with E-state index in [4.69, 9.17) is 9.52 Å². The first-order chi connectivity index (χ1) is 11.2. The van der Waals surface area contributed by atoms with E-state index >= 15 is 0 Å². The number of nitrogens with zero attached hydrogens (tertiary/aromatic N) is 2. The third kappa shape index (κ3) is 4.79. The number of aliphatic hydroxyl groups excluding tert-OH is 1. The van der Waals surface area contributed by atoms with E-state index in [-0.39, 0.29) is 18.6 Å². The molecule has 124 valence electrons. The minimum atomic E-state index is -0.217. The second kappa shape index (κ2) is 8.28. The zero-order valence-electron chi connectivity index (χ0n) is 13.4. The van der Waals surface area contributed by atoms with Gasteiger partial charge in [-0.15, -0.1) is 10.2 Å². The van der Waals surface area contributed by atoms with Crippen LogP contribution in [0.5, 0.6) is 0 Å². The van der Waals surface area contributed by atoms with Gasteiger partial charge in [-0.05, 0) is 30.7 Å². The standard InChI is InChI=1S/C16H22N4O3/c1-3-12(10-21)18-16(22)11-5-7-13(8-6-11)17-9-15-20-19-14(4-2)23-15/h5-8,12,17,21H,3-4,9-10H2,1-2H3,(H,18,22)/t12-/m0/s1. The average molecular weight is 318 g/mol. The Morgan fingerprint density at radius 2 is 1.91 bits per heavy atom. The maximum atomic E-state index is 12.0. The van der Waals surface area contributed by atoms with Crippen LogP contribution >= 0.6 is 0 Å². The summed E-state index contributed by atoms with van der Waals surface area (Å²) in [6.45, 7) is 4.23. The molecule has 0 saturated carbocycles. The largest absolute Gasteiger partial charge is 0.423 e. The van der Waals surface area contributed by atoms with Gasteiger partial charge in [-0.25, -0.2) is 0 Å². The Morgan fingerprint density at radius 3 is 2.48 bits per heavy atom. The lowest BCUT2D eigenvalue weighted by Crippen LogP contribution is -2.36. The van der Waals surface area contributed by atoms with E-state index < -0.39 is 0 Å². The normalized spacial score (nSPS) is 12.0. The minimum absolute atomic E-state index is 0.0637. The summed E-state index contributed by atoms with van der Waals surface area (Å²) in [5.41, 5.74) is 1.40. The monoisotopic (exact) mass is 318 g/mol. The highest BCUT2D eigenvalue weighted by Gasteiger charge is 2.11. The minimum Gasteiger partial charge on any atom is -0.423 e. The third-order valence-corrected chi connectivity index (χ3v) is 3.45. The van der Waals surface area contributed by atoms with Gasteiger partial charge in [0.1, 0.15) is 0 Å². The summed E-state index contributed by atoms with van der Waals surface area (Å²) >= 11 is 0. The molecule has 0 aliphatic carbocycles. The molecule has 1 atom stereocenters. The van der Waals surface area contributed by atoms with E-state index in [1.807, 2.05) is 26.0 Å². The first kappa shape index (κ1) is 17.0. The number of nitrogens with one attached hydrogen (secondary N) is 2. The molecular formula is C16H22N4O3. The van der Waals surface area contributed by atoms with Crippen LogP contribution in [0.2, 0.25) is 0 Å². The molecule has 0 aliphatic heterocycles. The number of hydrogen-bond donors (Lipinski definition) is 3. The van der Waals surface area contributed by atoms with Crippen molar-refractivity contribution in [1.29, 1.82) is 0 Å². The molecule has 0 aliphatic rings. The van der Waals surface area contributed by atoms with Crippen molar-refractivity contribution in [3.63, 3.8) is 0 Å². The lowest BCUT2D eigenvalue weighted by atomic mass is 10.1. The van der Waals surface area contributed by atoms with E-state index in [0.717, 1.165) is 5.69 Å². The Labute approximate surface area is 135 Å². The highest BCUT2D eigenvalue weighted by atomic mass is 16.4. The topological polar surface area (TPSA) is 100 Å². The smallest absolute Gasteiger partial charge is 0.251 e. The molecule has 0 fully saturated rings. The molecule has 1 aromatic heterocycles. The summed E-state index contributed by atoms with van der Waals surface area (Å²) in [5.74, 6) is 0.947. The van der Waals surface area contributed by atoms with Gasteiger partial charge in [0.25, 0.3) is 5.91 Å². The molecule has 1 aromatic carbocycles. The number of carbonyl (C=O) groups is 1. The Morgan fingerprint density at radius 1 is 1.22 bits per heavy atom. The lowest BCUT2D eigenvalue weighted by Gasteiger charge is -2.14. The van der Waals surface area contributed by atoms with Crippen LogP contribution in [0.4, 0.5) is 5.69 Å². The van der Waals surface area contributed by atoms with E-state index in [9.17, 15) is 4.79 Å². The summed E-state index contributed by atoms with van der Waals surface area (Å²) in [4.78, 5) is 12.0. The van der Waals surface area contributed by atoms with E-state index in [1.54, 1.807) is 12.1 Å². The van der Waals surface area contributed by atoms with Crippen LogP contribution in [-0.4, -0.2) is 33.9 Å². The van der Waals surface area contributed by atoms with E-state index in [2.05, 4.69) is 20.8 Å². The van der Waals surface area contributed by atoms with Crippen LogP contribution in [-0.2, 0) is 13.0 Å². The van der Waals surface area contributed by atoms with Gasteiger partial charge < -0.3 is 20.2 Å². The first-order valence-corrected chi connectivity index (χ1v) is 7.73. The molecule has 0 unspecified atom stereocenters. The number of amides is 1. The van der Waals surface area contributed by atoms with Crippen molar-refractivity contribution in [2.75, 3.05) is 11.9 Å². The highest BCUT2D eigenvalue weighted by Crippen LogP contribution is 2.11. The second-order valence-electron chi connectivity index (χ2n) is 5.14. The fraction of sp³-hybridized carbons (Fsp3) is 0.438. The maximum absolute atomic E-state index is 12.0. The Kier molecular flexibility index (Phi) is 6.10. The molecule has 2 aromatic rings. The number of benzene rings is 1. The second-order valence-corrected chi connectivity index (χ2v) is 5.14. The van der Waals surface area contributed by atoms with E-state index in [1.165, 1.54) is 0 Å². The summed E-state index contributed by atoms with van der Waals surface area (Å²) in [7, 11) is 0. The van der Waals surface area contributed by atoms with Crippen molar-refractivity contribution in [3.05, 3.63) is 41.6 Å². The van der Waals surface area contributed by atoms with Crippen LogP contribution in [0.3, 0.4) is 0 Å². The molecule has 3 N–H and O–H groups in total. The van der Waals surface area contributed by atoms with Gasteiger partial charge in [-0.1, -0.05) is 13.8 Å². The number of aliphatic hydroxyl groups is 1. The lowest BCUT2D eigenvalue weighted by molar-refractivity contribution is 0.0915. The highest BCUT2D eigenvalue weighted by molar-refractivity contribution is 5.94. The first-order valence-electron chi connectivity index (χ1n) is 7.73. The number of aromatic nitrogens is 2. The van der Waals surface area contributed by atoms with Crippen molar-refractivity contribution in [1.82, 2.24) is 15.5 Å². The molecule has 0 spiro atoms. The Balaban J connectivity index is 1.89. The molecule has 7 heteroatoms. The maximum Gasteiger partial charge on any atom is 0.251 e. The fourth-order valence-corrected chi connectivity index (χ4v) is 1.97. The number of aryl methyl sites for hydroxylation is 1. The molecule has 1 heterocycles. The quantitative estimate of drug-likeness (QED) is 0.685. The summed E-state index contributed by atoms with van der Waals surface area (Å²) in [6.07, 6.45) is 1.40. The van der Waals surface area contributed by atoms with Crippen LogP contribution in [0, 0.1) is 0 Å². The molecule has 23 heavy (non-hydrogen) atoms. The van der Waals surface area contributed by atoms with E-state index in [0.29, 0.717) is 36.7 Å². The SMILES string of the molecule is CCc1nnc(CNc2ccc(C(=O)N[C@@H](CC)CO)cc2)o1. The van der Waals surface area contributed by atoms with Gasteiger partial charge in [0.05, 0.1) is 19.2 Å². The Hall–Kier alpha value is -2.41. The van der Waals surface area contributed by atoms with Crippen molar-refractivity contribution >= 4 is 11.6 Å². The van der Waals surface area contributed by atoms with Gasteiger partial charge in [-0.2, -0.15) is 0 Å². The number of hydrogen-bond acceptors (Lipinski definition) is 6. The third-order valence-electron chi connectivity index (χ3n) is 3.45.